The van der Waals surface area contributed by atoms with Crippen LogP contribution < -0.4 is 10.5 Å². The second-order valence-electron chi connectivity index (χ2n) is 4.67. The van der Waals surface area contributed by atoms with Crippen molar-refractivity contribution < 1.29 is 9.53 Å². The van der Waals surface area contributed by atoms with Gasteiger partial charge in [-0.15, -0.1) is 0 Å². The van der Waals surface area contributed by atoms with Gasteiger partial charge in [0.05, 0.1) is 0 Å². The molecule has 0 aliphatic heterocycles. The zero-order valence-corrected chi connectivity index (χ0v) is 11.0. The molecule has 0 bridgehead atoms. The molecule has 0 radical (unpaired) electrons. The highest BCUT2D eigenvalue weighted by molar-refractivity contribution is 5.77. The number of ether oxygens (including phenoxy) is 1. The average Bonchev–Trinajstić information content (AvgIpc) is 2.77. The van der Waals surface area contributed by atoms with Gasteiger partial charge in [-0.3, -0.25) is 4.79 Å². The first kappa shape index (κ1) is 12.9. The van der Waals surface area contributed by atoms with E-state index >= 15 is 0 Å². The second kappa shape index (κ2) is 5.40. The van der Waals surface area contributed by atoms with Crippen LogP contribution in [0.15, 0.2) is 18.2 Å². The monoisotopic (exact) mass is 248 g/mol. The number of rotatable bonds is 4. The van der Waals surface area contributed by atoms with E-state index in [0.717, 1.165) is 29.7 Å². The van der Waals surface area contributed by atoms with Crippen molar-refractivity contribution in [1.82, 2.24) is 4.90 Å². The molecule has 0 heterocycles. The van der Waals surface area contributed by atoms with E-state index in [-0.39, 0.29) is 18.6 Å². The minimum atomic E-state index is -0.00241. The summed E-state index contributed by atoms with van der Waals surface area (Å²) in [4.78, 5) is 13.3. The van der Waals surface area contributed by atoms with Gasteiger partial charge in [0.1, 0.15) is 5.75 Å². The smallest absolute Gasteiger partial charge is 0.260 e. The molecule has 0 fully saturated rings. The van der Waals surface area contributed by atoms with Crippen molar-refractivity contribution in [2.45, 2.75) is 25.8 Å². The van der Waals surface area contributed by atoms with Crippen molar-refractivity contribution >= 4 is 5.91 Å². The van der Waals surface area contributed by atoms with Crippen LogP contribution in [0, 0.1) is 0 Å². The van der Waals surface area contributed by atoms with Crippen LogP contribution in [0.3, 0.4) is 0 Å². The first-order valence-corrected chi connectivity index (χ1v) is 6.37. The molecule has 18 heavy (non-hydrogen) atoms. The van der Waals surface area contributed by atoms with E-state index in [1.807, 2.05) is 25.1 Å². The highest BCUT2D eigenvalue weighted by atomic mass is 16.5. The van der Waals surface area contributed by atoms with Gasteiger partial charge in [0.15, 0.2) is 6.61 Å². The third-order valence-corrected chi connectivity index (χ3v) is 3.53. The fourth-order valence-corrected chi connectivity index (χ4v) is 2.21. The number of nitrogens with two attached hydrogens (primary N) is 1. The quantitative estimate of drug-likeness (QED) is 0.878. The van der Waals surface area contributed by atoms with Crippen molar-refractivity contribution in [3.63, 3.8) is 0 Å². The van der Waals surface area contributed by atoms with Crippen LogP contribution in [0.25, 0.3) is 0 Å². The van der Waals surface area contributed by atoms with Crippen LogP contribution in [-0.4, -0.2) is 31.0 Å². The maximum atomic E-state index is 11.7. The summed E-state index contributed by atoms with van der Waals surface area (Å²) in [6, 6.07) is 6.00. The number of fused-ring (bicyclic) bond motifs is 1. The van der Waals surface area contributed by atoms with Crippen molar-refractivity contribution in [1.29, 1.82) is 0 Å². The molecule has 1 amide bonds. The minimum absolute atomic E-state index is 0.00241. The molecule has 0 aromatic heterocycles. The number of hydrogen-bond acceptors (Lipinski definition) is 3. The molecule has 2 N–H and O–H groups in total. The standard InChI is InChI=1S/C14H20N2O2/c1-3-16(2)14(17)9-18-13-6-4-5-10-11(13)7-8-12(10)15/h4-6,12H,3,7-9,15H2,1-2H3. The van der Waals surface area contributed by atoms with Gasteiger partial charge in [-0.2, -0.15) is 0 Å². The number of likely N-dealkylation sites (N-methyl/N-ethyl adjacent to an activating group) is 1. The zero-order valence-electron chi connectivity index (χ0n) is 11.0. The lowest BCUT2D eigenvalue weighted by atomic mass is 10.1. The van der Waals surface area contributed by atoms with E-state index in [9.17, 15) is 4.79 Å². The average molecular weight is 248 g/mol. The highest BCUT2D eigenvalue weighted by Gasteiger charge is 2.22. The maximum Gasteiger partial charge on any atom is 0.260 e. The number of carbonyl (C=O) groups is 1. The van der Waals surface area contributed by atoms with Crippen LogP contribution in [0.1, 0.15) is 30.5 Å². The molecule has 98 valence electrons. The Bertz CT molecular complexity index is 445. The molecule has 0 saturated carbocycles. The summed E-state index contributed by atoms with van der Waals surface area (Å²) in [6.45, 7) is 2.73. The molecule has 1 aromatic rings. The fourth-order valence-electron chi connectivity index (χ4n) is 2.21. The first-order chi connectivity index (χ1) is 8.63. The van der Waals surface area contributed by atoms with Crippen LogP contribution in [-0.2, 0) is 11.2 Å². The summed E-state index contributed by atoms with van der Waals surface area (Å²) in [7, 11) is 1.77. The summed E-state index contributed by atoms with van der Waals surface area (Å²) >= 11 is 0. The lowest BCUT2D eigenvalue weighted by molar-refractivity contribution is -0.131. The van der Waals surface area contributed by atoms with Gasteiger partial charge in [0.2, 0.25) is 0 Å². The molecule has 4 nitrogen and oxygen atoms in total. The van der Waals surface area contributed by atoms with Crippen LogP contribution in [0.2, 0.25) is 0 Å². The lowest BCUT2D eigenvalue weighted by Crippen LogP contribution is -2.31. The molecule has 2 rings (SSSR count). The number of amides is 1. The Labute approximate surface area is 108 Å². The molecule has 1 aromatic carbocycles. The van der Waals surface area contributed by atoms with Crippen LogP contribution in [0.4, 0.5) is 0 Å². The summed E-state index contributed by atoms with van der Waals surface area (Å²) < 4.78 is 5.64. The number of nitrogens with zero attached hydrogens (tertiary/aromatic N) is 1. The van der Waals surface area contributed by atoms with Crippen molar-refractivity contribution in [2.75, 3.05) is 20.2 Å². The normalized spacial score (nSPS) is 17.4. The largest absolute Gasteiger partial charge is 0.483 e. The van der Waals surface area contributed by atoms with Crippen molar-refractivity contribution in [3.05, 3.63) is 29.3 Å². The van der Waals surface area contributed by atoms with Crippen LogP contribution in [0.5, 0.6) is 5.75 Å². The minimum Gasteiger partial charge on any atom is -0.483 e. The summed E-state index contributed by atoms with van der Waals surface area (Å²) in [6.07, 6.45) is 1.89. The Morgan fingerprint density at radius 2 is 2.33 bits per heavy atom. The van der Waals surface area contributed by atoms with Gasteiger partial charge >= 0.3 is 0 Å². The summed E-state index contributed by atoms with van der Waals surface area (Å²) in [5, 5.41) is 0. The summed E-state index contributed by atoms with van der Waals surface area (Å²) in [5.74, 6) is 0.802. The van der Waals surface area contributed by atoms with E-state index in [4.69, 9.17) is 10.5 Å². The van der Waals surface area contributed by atoms with E-state index in [2.05, 4.69) is 0 Å². The fraction of sp³-hybridized carbons (Fsp3) is 0.500. The molecule has 4 heteroatoms. The Kier molecular flexibility index (Phi) is 3.87. The van der Waals surface area contributed by atoms with Crippen molar-refractivity contribution in [3.8, 4) is 5.75 Å². The number of carbonyl (C=O) groups excluding carboxylic acids is 1. The molecular formula is C14H20N2O2. The third-order valence-electron chi connectivity index (χ3n) is 3.53. The Balaban J connectivity index is 2.05. The van der Waals surface area contributed by atoms with E-state index in [1.54, 1.807) is 11.9 Å². The van der Waals surface area contributed by atoms with Crippen molar-refractivity contribution in [2.24, 2.45) is 5.73 Å². The second-order valence-corrected chi connectivity index (χ2v) is 4.67. The summed E-state index contributed by atoms with van der Waals surface area (Å²) in [5.41, 5.74) is 8.33. The van der Waals surface area contributed by atoms with Gasteiger partial charge in [-0.1, -0.05) is 12.1 Å². The molecule has 1 aliphatic carbocycles. The van der Waals surface area contributed by atoms with Gasteiger partial charge < -0.3 is 15.4 Å². The molecule has 1 atom stereocenters. The molecule has 1 aliphatic rings. The van der Waals surface area contributed by atoms with E-state index < -0.39 is 0 Å². The van der Waals surface area contributed by atoms with Gasteiger partial charge in [0, 0.05) is 19.6 Å². The molecule has 0 spiro atoms. The molecule has 1 unspecified atom stereocenters. The lowest BCUT2D eigenvalue weighted by Gasteiger charge is -2.16. The molecular weight excluding hydrogens is 228 g/mol. The highest BCUT2D eigenvalue weighted by Crippen LogP contribution is 2.35. The molecule has 0 saturated heterocycles. The van der Waals surface area contributed by atoms with E-state index in [1.165, 1.54) is 0 Å². The predicted octanol–water partition coefficient (Wildman–Crippen LogP) is 1.49. The zero-order chi connectivity index (χ0) is 13.1. The predicted molar refractivity (Wildman–Crippen MR) is 70.5 cm³/mol. The maximum absolute atomic E-state index is 11.7. The van der Waals surface area contributed by atoms with Gasteiger partial charge in [0.25, 0.3) is 5.91 Å². The van der Waals surface area contributed by atoms with E-state index in [0.29, 0.717) is 6.54 Å². The Morgan fingerprint density at radius 3 is 3.06 bits per heavy atom. The van der Waals surface area contributed by atoms with Gasteiger partial charge in [-0.25, -0.2) is 0 Å². The Morgan fingerprint density at radius 1 is 1.56 bits per heavy atom. The third kappa shape index (κ3) is 2.48. The van der Waals surface area contributed by atoms with Gasteiger partial charge in [-0.05, 0) is 37.0 Å². The van der Waals surface area contributed by atoms with Crippen LogP contribution >= 0.6 is 0 Å². The number of benzene rings is 1. The topological polar surface area (TPSA) is 55.6 Å². The Hall–Kier alpha value is -1.55. The number of hydrogen-bond donors (Lipinski definition) is 1. The SMILES string of the molecule is CCN(C)C(=O)COc1cccc2c1CCC2N. The first-order valence-electron chi connectivity index (χ1n) is 6.37.